The highest BCUT2D eigenvalue weighted by atomic mass is 32.2. The van der Waals surface area contributed by atoms with E-state index in [0.29, 0.717) is 5.75 Å². The van der Waals surface area contributed by atoms with E-state index in [1.165, 1.54) is 109 Å². The van der Waals surface area contributed by atoms with Gasteiger partial charge in [0.15, 0.2) is 55.4 Å². The van der Waals surface area contributed by atoms with Gasteiger partial charge in [-0.1, -0.05) is 76.2 Å². The van der Waals surface area contributed by atoms with E-state index in [4.69, 9.17) is 94.7 Å². The average molecular weight is 2140 g/mol. The minimum absolute atomic E-state index is 0.0614. The van der Waals surface area contributed by atoms with Crippen LogP contribution in [0, 0.1) is 22.7 Å². The van der Waals surface area contributed by atoms with Crippen molar-refractivity contribution in [2.45, 2.75) is 363 Å². The van der Waals surface area contributed by atoms with Crippen LogP contribution in [-0.4, -0.2) is 492 Å². The van der Waals surface area contributed by atoms with Crippen molar-refractivity contribution in [3.8, 4) is 0 Å². The van der Waals surface area contributed by atoms with Crippen LogP contribution in [-0.2, 0) is 119 Å². The number of carbonyl (C=O) groups excluding carboxylic acids is 7. The van der Waals surface area contributed by atoms with Gasteiger partial charge in [-0.15, -0.1) is 0 Å². The zero-order valence-corrected chi connectivity index (χ0v) is 83.4. The first-order valence-electron chi connectivity index (χ1n) is 48.5. The van der Waals surface area contributed by atoms with E-state index in [1.807, 2.05) is 0 Å². The number of Topliss-reactive ketones (excluding diaryl/α,β-unsaturated/α-hetero) is 1. The van der Waals surface area contributed by atoms with Gasteiger partial charge >= 0.3 is 30.0 Å². The molecule has 51 nitrogen and oxygen atoms in total. The van der Waals surface area contributed by atoms with Gasteiger partial charge in [0.1, 0.15) is 207 Å². The summed E-state index contributed by atoms with van der Waals surface area (Å²) in [6, 6.07) is 13.1. The normalized spacial score (nSPS) is 43.5. The fourth-order valence-electron chi connectivity index (χ4n) is 21.5. The van der Waals surface area contributed by atoms with Gasteiger partial charge in [0.25, 0.3) is 0 Å². The Balaban J connectivity index is 0.732. The standard InChI is InChI=1S/C94H136N2O49S2/c1-11-37(79(121)95-25-50(104)135-75(52(38-19-15-13-16-20-38)96-89(124)145-90(5,6)7)81(123)127-40-24-94(125)78(143-80(122)39-21-17-14-18-22-39)76-92(10,77(120)53(105)51(35(40)3)91(94,8)9)48(103)23-49-93(76,34-126-49)144-36(4)102)31-147-33-47-74-60(112)67(119)88(134-47)140-72-45(30-101)130-83(63(115)56(72)108)136-68-41(26-97)128-82(61(113)54(68)106)137-69-42(27-98)131-85(64(116)57(69)109)141-73-46(32-146-12-2)133-87(66(118)59(73)111)139-71-44(29-100)129-84(62(114)55(71)107)138-70-43(28-99)132-86(142-74)65(117)58(70)110/h13-22,37,40-49,52-76,78,82-88,97-101,103,105-119,125H,11-12,23-34H2,1-10H3,(H,95,121)(H,96,124)/t37?,40-,41?,42?,43?,44?,45?,46?,47?,48-,49+,52-,53+,54+,55+,56+,57+,58+,59+,60+,61?,62?,63?,64?,65?,66?,67?,68+,69+,70+,71+,72+,73+,74+,75+,76-,78-,82+,83+,84+,85+,86+,87+,88+,92+,93-,94+/m0/s1. The summed E-state index contributed by atoms with van der Waals surface area (Å²) in [5.74, 6) is -10.3. The van der Waals surface area contributed by atoms with Gasteiger partial charge in [0.05, 0.1) is 74.8 Å². The van der Waals surface area contributed by atoms with Gasteiger partial charge in [-0.25, -0.2) is 14.4 Å². The molecule has 828 valence electrons. The lowest BCUT2D eigenvalue weighted by Gasteiger charge is -2.67. The molecule has 16 bridgehead atoms. The first kappa shape index (κ1) is 116. The summed E-state index contributed by atoms with van der Waals surface area (Å²) in [4.78, 5) is 103. The van der Waals surface area contributed by atoms with Crippen molar-refractivity contribution in [2.75, 3.05) is 69.2 Å². The third-order valence-electron chi connectivity index (χ3n) is 29.6. The monoisotopic (exact) mass is 2140 g/mol. The quantitative estimate of drug-likeness (QED) is 0.0249. The fourth-order valence-corrected chi connectivity index (χ4v) is 23.5. The molecule has 3 aliphatic carbocycles. The molecule has 25 aliphatic rings. The number of carbonyl (C=O) groups is 7. The lowest BCUT2D eigenvalue weighted by molar-refractivity contribution is -0.395. The number of aliphatic hydroxyl groups excluding tert-OH is 21. The number of ketones is 1. The molecule has 2 saturated carbocycles. The van der Waals surface area contributed by atoms with Crippen LogP contribution < -0.4 is 10.6 Å². The van der Waals surface area contributed by atoms with Crippen molar-refractivity contribution in [1.29, 1.82) is 0 Å². The topological polar surface area (TPSA) is 773 Å². The molecule has 2 aromatic rings. The third-order valence-corrected chi connectivity index (χ3v) is 31.8. The van der Waals surface area contributed by atoms with Gasteiger partial charge in [0.2, 0.25) is 12.0 Å². The Bertz CT molecular complexity index is 4800. The van der Waals surface area contributed by atoms with Gasteiger partial charge in [0, 0.05) is 48.4 Å². The van der Waals surface area contributed by atoms with Crippen LogP contribution in [0.5, 0.6) is 0 Å². The van der Waals surface area contributed by atoms with Crippen LogP contribution >= 0.6 is 23.5 Å². The maximum Gasteiger partial charge on any atom is 0.408 e. The molecule has 2 aromatic carbocycles. The summed E-state index contributed by atoms with van der Waals surface area (Å²) in [6.07, 6.45) is -86.6. The van der Waals surface area contributed by atoms with E-state index in [9.17, 15) is 136 Å². The predicted molar refractivity (Wildman–Crippen MR) is 489 cm³/mol. The van der Waals surface area contributed by atoms with Gasteiger partial charge in [-0.3, -0.25) is 19.2 Å². The van der Waals surface area contributed by atoms with E-state index >= 15 is 9.59 Å². The second-order valence-electron chi connectivity index (χ2n) is 40.3. The second kappa shape index (κ2) is 48.0. The average Bonchev–Trinajstić information content (AvgIpc) is 0.666. The Labute approximate surface area is 850 Å². The summed E-state index contributed by atoms with van der Waals surface area (Å²) in [5.41, 5.74) is -10.3. The summed E-state index contributed by atoms with van der Waals surface area (Å²) >= 11 is 2.03. The number of amides is 2. The molecule has 22 saturated heterocycles. The molecule has 15 unspecified atom stereocenters. The summed E-state index contributed by atoms with van der Waals surface area (Å²) in [6.45, 7) is 7.30. The van der Waals surface area contributed by atoms with Crippen molar-refractivity contribution in [3.05, 3.63) is 82.9 Å². The van der Waals surface area contributed by atoms with Crippen molar-refractivity contribution >= 4 is 65.2 Å². The Morgan fingerprint density at radius 2 is 0.891 bits per heavy atom. The fraction of sp³-hybridized carbons (Fsp3) is 0.777. The summed E-state index contributed by atoms with van der Waals surface area (Å²) < 4.78 is 121. The van der Waals surface area contributed by atoms with E-state index in [-0.39, 0.29) is 46.6 Å². The molecule has 22 aliphatic heterocycles. The Morgan fingerprint density at radius 3 is 1.25 bits per heavy atom. The number of benzene rings is 2. The first-order valence-corrected chi connectivity index (χ1v) is 50.9. The maximum absolute atomic E-state index is 15.8. The molecule has 0 radical (unpaired) electrons. The number of nitrogens with one attached hydrogen (secondary N) is 2. The molecule has 22 heterocycles. The van der Waals surface area contributed by atoms with Crippen LogP contribution in [0.15, 0.2) is 71.8 Å². The van der Waals surface area contributed by atoms with E-state index in [1.54, 1.807) is 26.0 Å². The highest BCUT2D eigenvalue weighted by Crippen LogP contribution is 2.65. The minimum Gasteiger partial charge on any atom is -0.455 e. The van der Waals surface area contributed by atoms with Gasteiger partial charge in [-0.05, 0) is 75.6 Å². The number of hydrogen-bond donors (Lipinski definition) is 24. The molecule has 53 heteroatoms. The lowest BCUT2D eigenvalue weighted by Crippen LogP contribution is -2.81. The smallest absolute Gasteiger partial charge is 0.408 e. The molecule has 24 N–H and O–H groups in total. The number of rotatable bonds is 25. The zero-order chi connectivity index (χ0) is 107. The van der Waals surface area contributed by atoms with Crippen LogP contribution in [0.3, 0.4) is 0 Å². The number of alkyl carbamates (subject to hydrolysis) is 1. The molecular weight excluding hydrogens is 2010 g/mol. The highest BCUT2D eigenvalue weighted by molar-refractivity contribution is 7.99. The van der Waals surface area contributed by atoms with Crippen LogP contribution in [0.25, 0.3) is 0 Å². The lowest BCUT2D eigenvalue weighted by atomic mass is 9.44. The first-order chi connectivity index (χ1) is 69.5. The van der Waals surface area contributed by atoms with Gasteiger partial charge < -0.3 is 218 Å². The SMILES string of the molecule is CCSCC1O[C@@H]2O[C@@H]3C(CO)O[C@H](O[C@@H]4C(CO)O[C@H](O[C@@H]5C(CSCC(CC)C(=O)NCC(=O)O[C@@H](C(=O)O[C@H]6C[C@@]7(O)[C@@H](OC(=O)c8ccccc8)[C@@H]8[C@]9(OC(C)=O)CO[C@@H]9C[C@H](O)[C@@]8(C)C(=O)[C@H](O)C(=C6C)C7(C)C)[C@@H](NC(=O)OC(C)(C)C)c6ccccc6)O[C@H](O[C@@H]6C(CO)O[C@H](O[C@@H]7C(CO)O[C@H](O[C@@H]8C(CO)O[C@H](O[C@H]1[C@H](O)C2O)C(O)[C@H]8O)C(O)[C@H]7O)C(O)[C@H]6O)C(O)[C@H]5O)C(O)[C@H]4O)C(O)[C@H]3O. The Hall–Kier alpha value is -6.31. The van der Waals surface area contributed by atoms with Crippen molar-refractivity contribution in [2.24, 2.45) is 22.7 Å². The highest BCUT2D eigenvalue weighted by Gasteiger charge is 2.79. The third kappa shape index (κ3) is 23.4. The molecule has 0 aromatic heterocycles. The molecule has 147 heavy (non-hydrogen) atoms. The van der Waals surface area contributed by atoms with Crippen LogP contribution in [0.4, 0.5) is 4.79 Å². The van der Waals surface area contributed by atoms with Gasteiger partial charge in [-0.2, -0.15) is 23.5 Å². The second-order valence-corrected chi connectivity index (χ2v) is 42.7. The molecular formula is C94H136N2O49S2. The number of thioether (sulfide) groups is 2. The molecule has 27 rings (SSSR count). The molecule has 24 fully saturated rings. The van der Waals surface area contributed by atoms with Crippen molar-refractivity contribution in [1.82, 2.24) is 10.6 Å². The molecule has 47 atom stereocenters. The van der Waals surface area contributed by atoms with Crippen LogP contribution in [0.2, 0.25) is 0 Å². The number of hydrogen-bond acceptors (Lipinski definition) is 51. The molecule has 0 spiro atoms. The van der Waals surface area contributed by atoms with E-state index in [0.717, 1.165) is 18.7 Å². The van der Waals surface area contributed by atoms with E-state index < -0.39 is 397 Å². The summed E-state index contributed by atoms with van der Waals surface area (Å²) in [5, 5.41) is 265. The number of ether oxygens (including phenoxy) is 20. The minimum atomic E-state index is -2.66. The van der Waals surface area contributed by atoms with Crippen molar-refractivity contribution < 1.29 is 241 Å². The Kier molecular flexibility index (Phi) is 37.9. The maximum atomic E-state index is 15.8. The zero-order valence-electron chi connectivity index (χ0n) is 81.8. The largest absolute Gasteiger partial charge is 0.455 e. The van der Waals surface area contributed by atoms with Crippen LogP contribution in [0.1, 0.15) is 110 Å². The number of fused-ring (bicyclic) bond motifs is 5. The number of esters is 4. The predicted octanol–water partition coefficient (Wildman–Crippen LogP) is -8.76. The molecule has 2 amide bonds. The van der Waals surface area contributed by atoms with Crippen molar-refractivity contribution in [3.63, 3.8) is 0 Å². The van der Waals surface area contributed by atoms with E-state index in [2.05, 4.69) is 10.6 Å². The summed E-state index contributed by atoms with van der Waals surface area (Å²) in [7, 11) is 0. The number of aliphatic hydroxyl groups is 22. The Morgan fingerprint density at radius 1 is 0.510 bits per heavy atom.